The molecule has 3 rings (SSSR count). The number of halogens is 1. The maximum atomic E-state index is 11.9. The zero-order valence-corrected chi connectivity index (χ0v) is 13.5. The normalized spacial score (nSPS) is 15.5. The van der Waals surface area contributed by atoms with Crippen molar-refractivity contribution in [3.63, 3.8) is 0 Å². The van der Waals surface area contributed by atoms with Crippen LogP contribution in [0.15, 0.2) is 71.4 Å². The molecule has 7 heteroatoms. The summed E-state index contributed by atoms with van der Waals surface area (Å²) in [5.41, 5.74) is 1.10. The topological polar surface area (TPSA) is 81.8 Å². The SMILES string of the molecule is O=C1OC(c2cccc(Cl)c2)=N/C1=C/C=C/c1ccccc1[N+](=O)[O-]. The lowest BCUT2D eigenvalue weighted by Crippen LogP contribution is -2.05. The first-order chi connectivity index (χ1) is 12.0. The first kappa shape index (κ1) is 16.6. The lowest BCUT2D eigenvalue weighted by atomic mass is 10.1. The molecule has 0 fully saturated rings. The minimum absolute atomic E-state index is 0.0192. The molecule has 0 aliphatic carbocycles. The lowest BCUT2D eigenvalue weighted by Gasteiger charge is -1.98. The van der Waals surface area contributed by atoms with Crippen molar-refractivity contribution in [2.24, 2.45) is 4.99 Å². The molecule has 2 aromatic carbocycles. The lowest BCUT2D eigenvalue weighted by molar-refractivity contribution is -0.385. The van der Waals surface area contributed by atoms with E-state index in [0.29, 0.717) is 16.1 Å². The molecule has 0 bridgehead atoms. The summed E-state index contributed by atoms with van der Waals surface area (Å²) in [6.45, 7) is 0. The van der Waals surface area contributed by atoms with E-state index < -0.39 is 10.9 Å². The number of rotatable bonds is 4. The van der Waals surface area contributed by atoms with E-state index in [9.17, 15) is 14.9 Å². The molecular weight excluding hydrogens is 344 g/mol. The van der Waals surface area contributed by atoms with Crippen molar-refractivity contribution in [2.45, 2.75) is 0 Å². The molecule has 0 saturated carbocycles. The minimum Gasteiger partial charge on any atom is -0.402 e. The largest absolute Gasteiger partial charge is 0.402 e. The molecule has 0 spiro atoms. The van der Waals surface area contributed by atoms with Crippen molar-refractivity contribution < 1.29 is 14.5 Å². The summed E-state index contributed by atoms with van der Waals surface area (Å²) in [5, 5.41) is 11.5. The molecule has 0 atom stereocenters. The highest BCUT2D eigenvalue weighted by Crippen LogP contribution is 2.21. The third kappa shape index (κ3) is 3.81. The van der Waals surface area contributed by atoms with E-state index in [1.54, 1.807) is 42.5 Å². The van der Waals surface area contributed by atoms with Crippen LogP contribution in [0.5, 0.6) is 0 Å². The Kier molecular flexibility index (Phi) is 4.72. The summed E-state index contributed by atoms with van der Waals surface area (Å²) in [6, 6.07) is 13.1. The number of nitrogens with zero attached hydrogens (tertiary/aromatic N) is 2. The Morgan fingerprint density at radius 2 is 1.96 bits per heavy atom. The molecule has 124 valence electrons. The third-order valence-electron chi connectivity index (χ3n) is 3.36. The number of hydrogen-bond acceptors (Lipinski definition) is 5. The second kappa shape index (κ2) is 7.11. The number of esters is 1. The third-order valence-corrected chi connectivity index (χ3v) is 3.59. The number of para-hydroxylation sites is 1. The van der Waals surface area contributed by atoms with Crippen LogP contribution in [-0.2, 0) is 9.53 Å². The summed E-state index contributed by atoms with van der Waals surface area (Å²) in [4.78, 5) is 26.5. The van der Waals surface area contributed by atoms with Gasteiger partial charge in [-0.15, -0.1) is 0 Å². The van der Waals surface area contributed by atoms with Crippen molar-refractivity contribution in [1.29, 1.82) is 0 Å². The predicted molar refractivity (Wildman–Crippen MR) is 94.3 cm³/mol. The fraction of sp³-hybridized carbons (Fsp3) is 0. The van der Waals surface area contributed by atoms with Gasteiger partial charge in [-0.1, -0.05) is 35.9 Å². The van der Waals surface area contributed by atoms with Crippen LogP contribution in [0.2, 0.25) is 5.02 Å². The van der Waals surface area contributed by atoms with Gasteiger partial charge < -0.3 is 4.74 Å². The molecule has 0 aromatic heterocycles. The summed E-state index contributed by atoms with van der Waals surface area (Å²) in [6.07, 6.45) is 4.49. The number of hydrogen-bond donors (Lipinski definition) is 0. The number of nitro groups is 1. The molecule has 1 aliphatic rings. The molecule has 2 aromatic rings. The number of carbonyl (C=O) groups is 1. The van der Waals surface area contributed by atoms with E-state index in [2.05, 4.69) is 4.99 Å². The van der Waals surface area contributed by atoms with Gasteiger partial charge in [-0.25, -0.2) is 9.79 Å². The standard InChI is InChI=1S/C18H11ClN2O4/c19-14-8-3-7-13(11-14)17-20-15(18(22)25-17)9-4-6-12-5-1-2-10-16(12)21(23)24/h1-11H/b6-4+,15-9+. The van der Waals surface area contributed by atoms with E-state index in [1.807, 2.05) is 0 Å². The Balaban J connectivity index is 1.84. The summed E-state index contributed by atoms with van der Waals surface area (Å²) in [5.74, 6) is -0.431. The highest BCUT2D eigenvalue weighted by atomic mass is 35.5. The van der Waals surface area contributed by atoms with Crippen LogP contribution in [0.25, 0.3) is 6.08 Å². The van der Waals surface area contributed by atoms with Gasteiger partial charge in [0.25, 0.3) is 5.69 Å². The van der Waals surface area contributed by atoms with Gasteiger partial charge in [-0.05, 0) is 36.4 Å². The summed E-state index contributed by atoms with van der Waals surface area (Å²) < 4.78 is 5.12. The first-order valence-corrected chi connectivity index (χ1v) is 7.61. The number of nitro benzene ring substituents is 1. The molecule has 1 aliphatic heterocycles. The molecule has 0 unspecified atom stereocenters. The minimum atomic E-state index is -0.595. The van der Waals surface area contributed by atoms with Crippen LogP contribution in [-0.4, -0.2) is 16.8 Å². The highest BCUT2D eigenvalue weighted by Gasteiger charge is 2.23. The van der Waals surface area contributed by atoms with Crippen LogP contribution in [0.1, 0.15) is 11.1 Å². The average Bonchev–Trinajstić information content (AvgIpc) is 2.96. The second-order valence-corrected chi connectivity index (χ2v) is 5.48. The van der Waals surface area contributed by atoms with Crippen molar-refractivity contribution >= 4 is 35.2 Å². The number of allylic oxidation sites excluding steroid dienone is 2. The van der Waals surface area contributed by atoms with E-state index >= 15 is 0 Å². The van der Waals surface area contributed by atoms with Gasteiger partial charge in [-0.2, -0.15) is 0 Å². The number of carbonyl (C=O) groups excluding carboxylic acids is 1. The molecule has 0 radical (unpaired) electrons. The first-order valence-electron chi connectivity index (χ1n) is 7.23. The molecule has 0 amide bonds. The van der Waals surface area contributed by atoms with Gasteiger partial charge in [0.15, 0.2) is 5.70 Å². The summed E-state index contributed by atoms with van der Waals surface area (Å²) in [7, 11) is 0. The second-order valence-electron chi connectivity index (χ2n) is 5.04. The van der Waals surface area contributed by atoms with Crippen molar-refractivity contribution in [3.05, 3.63) is 92.6 Å². The van der Waals surface area contributed by atoms with Crippen molar-refractivity contribution in [3.8, 4) is 0 Å². The number of benzene rings is 2. The Labute approximate surface area is 147 Å². The van der Waals surface area contributed by atoms with Crippen molar-refractivity contribution in [2.75, 3.05) is 0 Å². The molecule has 0 N–H and O–H groups in total. The molecular formula is C18H11ClN2O4. The maximum Gasteiger partial charge on any atom is 0.363 e. The zero-order valence-electron chi connectivity index (χ0n) is 12.8. The van der Waals surface area contributed by atoms with E-state index in [-0.39, 0.29) is 17.3 Å². The molecule has 25 heavy (non-hydrogen) atoms. The number of ether oxygens (including phenoxy) is 1. The fourth-order valence-electron chi connectivity index (χ4n) is 2.21. The van der Waals surface area contributed by atoms with E-state index in [1.165, 1.54) is 24.3 Å². The van der Waals surface area contributed by atoms with Gasteiger partial charge in [0.1, 0.15) is 0 Å². The highest BCUT2D eigenvalue weighted by molar-refractivity contribution is 6.31. The van der Waals surface area contributed by atoms with Gasteiger partial charge in [-0.3, -0.25) is 10.1 Å². The monoisotopic (exact) mass is 354 g/mol. The van der Waals surface area contributed by atoms with Crippen LogP contribution in [0.4, 0.5) is 5.69 Å². The fourth-order valence-corrected chi connectivity index (χ4v) is 2.40. The number of aliphatic imine (C=N–C) groups is 1. The molecule has 6 nitrogen and oxygen atoms in total. The quantitative estimate of drug-likeness (QED) is 0.357. The van der Waals surface area contributed by atoms with Crippen LogP contribution < -0.4 is 0 Å². The smallest absolute Gasteiger partial charge is 0.363 e. The van der Waals surface area contributed by atoms with E-state index in [4.69, 9.17) is 16.3 Å². The Hall–Kier alpha value is -3.25. The van der Waals surface area contributed by atoms with Gasteiger partial charge >= 0.3 is 5.97 Å². The maximum absolute atomic E-state index is 11.9. The van der Waals surface area contributed by atoms with Crippen LogP contribution >= 0.6 is 11.6 Å². The van der Waals surface area contributed by atoms with Crippen molar-refractivity contribution in [1.82, 2.24) is 0 Å². The zero-order chi connectivity index (χ0) is 17.8. The Bertz CT molecular complexity index is 948. The summed E-state index contributed by atoms with van der Waals surface area (Å²) >= 11 is 5.91. The average molecular weight is 355 g/mol. The van der Waals surface area contributed by atoms with Crippen LogP contribution in [0.3, 0.4) is 0 Å². The van der Waals surface area contributed by atoms with Gasteiger partial charge in [0.2, 0.25) is 5.90 Å². The molecule has 0 saturated heterocycles. The van der Waals surface area contributed by atoms with Gasteiger partial charge in [0.05, 0.1) is 10.5 Å². The molecule has 1 heterocycles. The number of cyclic esters (lactones) is 1. The predicted octanol–water partition coefficient (Wildman–Crippen LogP) is 4.15. The Morgan fingerprint density at radius 1 is 1.16 bits per heavy atom. The Morgan fingerprint density at radius 3 is 2.72 bits per heavy atom. The van der Waals surface area contributed by atoms with E-state index in [0.717, 1.165) is 0 Å². The van der Waals surface area contributed by atoms with Gasteiger partial charge in [0, 0.05) is 16.7 Å². The van der Waals surface area contributed by atoms with Crippen LogP contribution in [0, 0.1) is 10.1 Å².